The van der Waals surface area contributed by atoms with Gasteiger partial charge in [0.25, 0.3) is 0 Å². The van der Waals surface area contributed by atoms with Crippen LogP contribution in [-0.2, 0) is 0 Å². The van der Waals surface area contributed by atoms with Gasteiger partial charge in [-0.25, -0.2) is 15.0 Å². The van der Waals surface area contributed by atoms with E-state index in [1.165, 1.54) is 10.6 Å². The molecule has 0 saturated heterocycles. The summed E-state index contributed by atoms with van der Waals surface area (Å²) in [5, 5.41) is -0.128. The molecule has 0 aliphatic rings. The van der Waals surface area contributed by atoms with Crippen molar-refractivity contribution in [2.45, 2.75) is 0 Å². The molecule has 0 unspecified atom stereocenters. The third-order valence-electron chi connectivity index (χ3n) is 9.58. The summed E-state index contributed by atoms with van der Waals surface area (Å²) in [6.07, 6.45) is 3.42. The number of hydrogen-bond donors (Lipinski definition) is 0. The summed E-state index contributed by atoms with van der Waals surface area (Å²) in [5.74, 6) is 0.437. The number of pyridine rings is 1. The Balaban J connectivity index is 1.17. The molecule has 0 saturated carbocycles. The van der Waals surface area contributed by atoms with Gasteiger partial charge >= 0.3 is 0 Å². The third kappa shape index (κ3) is 5.27. The van der Waals surface area contributed by atoms with E-state index in [1.54, 1.807) is 60.9 Å². The maximum Gasteiger partial charge on any atom is 0.166 e. The average Bonchev–Trinajstić information content (AvgIpc) is 3.96. The normalized spacial score (nSPS) is 15.1. The molecule has 0 fully saturated rings. The Labute approximate surface area is 341 Å². The zero-order chi connectivity index (χ0) is 49.2. The molecule has 56 heavy (non-hydrogen) atoms. The van der Waals surface area contributed by atoms with Crippen LogP contribution in [0.5, 0.6) is 0 Å². The molecule has 0 radical (unpaired) electrons. The van der Waals surface area contributed by atoms with E-state index in [1.807, 2.05) is 36.4 Å². The standard InChI is InChI=1S/C50H31N5O/c1-5-21-43-38(15-1)39-16-2-6-22-44(39)55(43)45-23-7-3-18-42(45)50-53-48(33-27-25-32(26-28-33)36-14-11-29-51-31-36)52-49(54-50)35-13-9-12-34(30-35)37-19-10-20-41-40-17-4-8-24-46(40)56-47(37)41/h1-31H/i1D,2D,4D,5D,8D,10D,15D,16D,17D,19D,20D,21D,22D,24D. The van der Waals surface area contributed by atoms with E-state index in [9.17, 15) is 0 Å². The van der Waals surface area contributed by atoms with Gasteiger partial charge in [-0.3, -0.25) is 4.98 Å². The minimum atomic E-state index is -0.538. The van der Waals surface area contributed by atoms with E-state index in [4.69, 9.17) is 38.6 Å². The summed E-state index contributed by atoms with van der Waals surface area (Å²) in [7, 11) is 0. The van der Waals surface area contributed by atoms with Crippen LogP contribution in [0.15, 0.2) is 192 Å². The summed E-state index contributed by atoms with van der Waals surface area (Å²) >= 11 is 0. The van der Waals surface area contributed by atoms with E-state index >= 15 is 0 Å². The molecule has 0 amide bonds. The van der Waals surface area contributed by atoms with Gasteiger partial charge in [0.1, 0.15) is 11.2 Å². The predicted octanol–water partition coefficient (Wildman–Crippen LogP) is 12.6. The van der Waals surface area contributed by atoms with E-state index in [0.717, 1.165) is 11.1 Å². The van der Waals surface area contributed by atoms with Crippen molar-refractivity contribution in [2.75, 3.05) is 0 Å². The highest BCUT2D eigenvalue weighted by molar-refractivity contribution is 6.10. The molecule has 0 atom stereocenters. The van der Waals surface area contributed by atoms with E-state index in [-0.39, 0.29) is 91.0 Å². The second-order valence-electron chi connectivity index (χ2n) is 12.8. The van der Waals surface area contributed by atoms with Crippen molar-refractivity contribution >= 4 is 43.7 Å². The molecule has 0 N–H and O–H groups in total. The number of furan rings is 1. The van der Waals surface area contributed by atoms with Crippen molar-refractivity contribution in [1.29, 1.82) is 0 Å². The Kier molecular flexibility index (Phi) is 4.80. The summed E-state index contributed by atoms with van der Waals surface area (Å²) in [6.45, 7) is 0. The van der Waals surface area contributed by atoms with Gasteiger partial charge in [-0.15, -0.1) is 0 Å². The van der Waals surface area contributed by atoms with Gasteiger partial charge in [0.15, 0.2) is 17.5 Å². The molecule has 7 aromatic carbocycles. The molecule has 6 nitrogen and oxygen atoms in total. The van der Waals surface area contributed by atoms with Crippen molar-refractivity contribution in [3.63, 3.8) is 0 Å². The number of para-hydroxylation sites is 5. The quantitative estimate of drug-likeness (QED) is 0.170. The van der Waals surface area contributed by atoms with Gasteiger partial charge < -0.3 is 8.98 Å². The maximum atomic E-state index is 9.14. The van der Waals surface area contributed by atoms with Gasteiger partial charge in [-0.05, 0) is 59.1 Å². The molecule has 11 aromatic rings. The zero-order valence-electron chi connectivity index (χ0n) is 43.0. The topological polar surface area (TPSA) is 69.6 Å². The predicted molar refractivity (Wildman–Crippen MR) is 226 cm³/mol. The molecule has 0 spiro atoms. The summed E-state index contributed by atoms with van der Waals surface area (Å²) in [5.41, 5.74) is 3.50. The third-order valence-corrected chi connectivity index (χ3v) is 9.58. The van der Waals surface area contributed by atoms with Crippen LogP contribution in [0.4, 0.5) is 0 Å². The van der Waals surface area contributed by atoms with Crippen LogP contribution in [0.1, 0.15) is 19.2 Å². The minimum absolute atomic E-state index is 0.0108. The largest absolute Gasteiger partial charge is 0.455 e. The fourth-order valence-corrected chi connectivity index (χ4v) is 7.01. The highest BCUT2D eigenvalue weighted by atomic mass is 16.3. The Bertz CT molecular complexity index is 4070. The lowest BCUT2D eigenvalue weighted by Gasteiger charge is -2.15. The van der Waals surface area contributed by atoms with Crippen LogP contribution >= 0.6 is 0 Å². The SMILES string of the molecule is [2H]c1cc([2H])c2c(c1[2H])c1c([2H])c([2H])c([2H])c([2H])c1n2-c1ccccc1-c1nc(-c2ccc(-c3cccnc3)cc2)nc(-c2cccc(-c3c([2H])c([2H])c([2H])c4c3oc3c([2H])c([2H])c([2H])c([2H])c34)c2)n1. The Morgan fingerprint density at radius 1 is 0.464 bits per heavy atom. The van der Waals surface area contributed by atoms with Gasteiger partial charge in [-0.1, -0.05) is 133 Å². The zero-order valence-corrected chi connectivity index (χ0v) is 29.0. The first-order valence-corrected chi connectivity index (χ1v) is 17.5. The van der Waals surface area contributed by atoms with Crippen molar-refractivity contribution in [3.05, 3.63) is 188 Å². The fourth-order valence-electron chi connectivity index (χ4n) is 7.01. The van der Waals surface area contributed by atoms with Crippen LogP contribution in [-0.4, -0.2) is 24.5 Å². The van der Waals surface area contributed by atoms with Gasteiger partial charge in [0.05, 0.1) is 35.9 Å². The molecule has 0 bridgehead atoms. The summed E-state index contributed by atoms with van der Waals surface area (Å²) in [4.78, 5) is 19.2. The molecule has 4 aromatic heterocycles. The van der Waals surface area contributed by atoms with Crippen LogP contribution < -0.4 is 0 Å². The monoisotopic (exact) mass is 731 g/mol. The van der Waals surface area contributed by atoms with E-state index in [0.29, 0.717) is 27.9 Å². The van der Waals surface area contributed by atoms with Crippen molar-refractivity contribution in [3.8, 4) is 62.1 Å². The highest BCUT2D eigenvalue weighted by Gasteiger charge is 2.20. The first kappa shape index (κ1) is 20.7. The van der Waals surface area contributed by atoms with Crippen LogP contribution in [0.2, 0.25) is 0 Å². The molecule has 11 rings (SSSR count). The van der Waals surface area contributed by atoms with E-state index < -0.39 is 60.4 Å². The lowest BCUT2D eigenvalue weighted by molar-refractivity contribution is 0.670. The van der Waals surface area contributed by atoms with Crippen LogP contribution in [0.3, 0.4) is 0 Å². The van der Waals surface area contributed by atoms with Gasteiger partial charge in [0, 0.05) is 56.2 Å². The van der Waals surface area contributed by atoms with Gasteiger partial charge in [-0.2, -0.15) is 0 Å². The first-order chi connectivity index (χ1) is 33.6. The van der Waals surface area contributed by atoms with Crippen LogP contribution in [0, 0.1) is 0 Å². The number of nitrogens with zero attached hydrogens (tertiary/aromatic N) is 5. The highest BCUT2D eigenvalue weighted by Crippen LogP contribution is 2.39. The first-order valence-electron chi connectivity index (χ1n) is 24.5. The molecule has 6 heteroatoms. The maximum absolute atomic E-state index is 9.14. The number of fused-ring (bicyclic) bond motifs is 6. The Hall–Kier alpha value is -7.70. The summed E-state index contributed by atoms with van der Waals surface area (Å²) in [6, 6.07) is 20.0. The number of benzene rings is 7. The molecule has 262 valence electrons. The Morgan fingerprint density at radius 2 is 1.16 bits per heavy atom. The second-order valence-corrected chi connectivity index (χ2v) is 12.8. The molecule has 0 aliphatic carbocycles. The number of hydrogen-bond acceptors (Lipinski definition) is 5. The molecular formula is C50H31N5O. The van der Waals surface area contributed by atoms with Gasteiger partial charge in [0.2, 0.25) is 0 Å². The lowest BCUT2D eigenvalue weighted by atomic mass is 10.00. The minimum Gasteiger partial charge on any atom is -0.455 e. The molecule has 0 aliphatic heterocycles. The van der Waals surface area contributed by atoms with Crippen LogP contribution in [0.25, 0.3) is 106 Å². The van der Waals surface area contributed by atoms with Crippen molar-refractivity contribution < 1.29 is 23.6 Å². The van der Waals surface area contributed by atoms with Crippen molar-refractivity contribution in [1.82, 2.24) is 24.5 Å². The van der Waals surface area contributed by atoms with E-state index in [2.05, 4.69) is 4.98 Å². The Morgan fingerprint density at radius 3 is 2.04 bits per heavy atom. The number of rotatable bonds is 6. The summed E-state index contributed by atoms with van der Waals surface area (Å²) < 4.78 is 130. The van der Waals surface area contributed by atoms with Crippen molar-refractivity contribution in [2.24, 2.45) is 0 Å². The molecular weight excluding hydrogens is 687 g/mol. The number of aromatic nitrogens is 5. The molecule has 4 heterocycles. The lowest BCUT2D eigenvalue weighted by Crippen LogP contribution is -2.03. The average molecular weight is 732 g/mol. The fraction of sp³-hybridized carbons (Fsp3) is 0. The smallest absolute Gasteiger partial charge is 0.166 e. The second kappa shape index (κ2) is 13.0.